The smallest absolute Gasteiger partial charge is 0.425 e. The summed E-state index contributed by atoms with van der Waals surface area (Å²) in [4.78, 5) is 45.2. The summed E-state index contributed by atoms with van der Waals surface area (Å²) in [6.07, 6.45) is 0.858. The monoisotopic (exact) mass is 872 g/mol. The van der Waals surface area contributed by atoms with Crippen molar-refractivity contribution in [3.05, 3.63) is 65.1 Å². The molecule has 0 bridgehead atoms. The first-order chi connectivity index (χ1) is 28.0. The van der Waals surface area contributed by atoms with Crippen molar-refractivity contribution < 1.29 is 50.2 Å². The molecule has 1 fully saturated rings. The largest absolute Gasteiger partial charge is 0.444 e. The van der Waals surface area contributed by atoms with E-state index in [2.05, 4.69) is 10.3 Å². The molecule has 1 saturated carbocycles. The van der Waals surface area contributed by atoms with Crippen LogP contribution in [-0.2, 0) is 24.2 Å². The number of halogens is 3. The zero-order valence-electron chi connectivity index (χ0n) is 36.6. The van der Waals surface area contributed by atoms with E-state index in [1.807, 2.05) is 4.72 Å². The minimum Gasteiger partial charge on any atom is -0.444 e. The molecule has 0 spiro atoms. The third kappa shape index (κ3) is 11.1. The highest BCUT2D eigenvalue weighted by molar-refractivity contribution is 7.92. The Labute approximate surface area is 354 Å². The average Bonchev–Trinajstić information content (AvgIpc) is 3.50. The van der Waals surface area contributed by atoms with E-state index in [9.17, 15) is 27.2 Å². The Morgan fingerprint density at radius 3 is 1.93 bits per heavy atom. The summed E-state index contributed by atoms with van der Waals surface area (Å²) in [5.74, 6) is -4.03. The minimum atomic E-state index is -4.73. The lowest BCUT2D eigenvalue weighted by Crippen LogP contribution is -2.44. The lowest BCUT2D eigenvalue weighted by Gasteiger charge is -2.31. The van der Waals surface area contributed by atoms with Gasteiger partial charge in [0.05, 0.1) is 16.6 Å². The molecule has 2 heterocycles. The number of ether oxygens (including phenoxy) is 3. The van der Waals surface area contributed by atoms with Gasteiger partial charge in [0.25, 0.3) is 10.0 Å². The van der Waals surface area contributed by atoms with Crippen molar-refractivity contribution in [3.8, 4) is 11.3 Å². The number of nitrogens with one attached hydrogen (secondary N) is 2. The maximum absolute atomic E-state index is 16.6. The Kier molecular flexibility index (Phi) is 13.1. The van der Waals surface area contributed by atoms with Crippen molar-refractivity contribution in [2.24, 2.45) is 0 Å². The molecule has 0 aliphatic heterocycles. The molecule has 5 rings (SSSR count). The minimum absolute atomic E-state index is 0.0228. The Morgan fingerprint density at radius 2 is 1.39 bits per heavy atom. The van der Waals surface area contributed by atoms with Gasteiger partial charge in [-0.2, -0.15) is 10.00 Å². The number of alkyl carbamates (subject to hydrolysis) is 1. The van der Waals surface area contributed by atoms with Crippen molar-refractivity contribution in [3.63, 3.8) is 0 Å². The van der Waals surface area contributed by atoms with E-state index in [1.54, 1.807) is 87.8 Å². The summed E-state index contributed by atoms with van der Waals surface area (Å²) in [7, 11) is -4.73. The molecule has 2 aromatic heterocycles. The lowest BCUT2D eigenvalue weighted by atomic mass is 9.81. The number of benzene rings is 2. The highest BCUT2D eigenvalue weighted by atomic mass is 32.2. The molecule has 0 radical (unpaired) electrons. The molecule has 1 aliphatic rings. The fraction of sp³-hybridized carbons (Fsp3) is 0.512. The Morgan fingerprint density at radius 1 is 0.820 bits per heavy atom. The summed E-state index contributed by atoms with van der Waals surface area (Å²) in [5.41, 5.74) is -3.01. The van der Waals surface area contributed by atoms with Crippen LogP contribution in [0.15, 0.2) is 41.4 Å². The summed E-state index contributed by atoms with van der Waals surface area (Å²) in [6, 6.07) is 4.07. The summed E-state index contributed by atoms with van der Waals surface area (Å²) >= 11 is 0. The van der Waals surface area contributed by atoms with Gasteiger partial charge in [0.1, 0.15) is 44.8 Å². The molecule has 3 amide bonds. The van der Waals surface area contributed by atoms with Crippen molar-refractivity contribution in [1.29, 1.82) is 0 Å². The van der Waals surface area contributed by atoms with Gasteiger partial charge in [-0.25, -0.2) is 41.0 Å². The number of aromatic nitrogens is 3. The second-order valence-electron chi connectivity index (χ2n) is 18.5. The van der Waals surface area contributed by atoms with E-state index in [0.29, 0.717) is 53.3 Å². The van der Waals surface area contributed by atoms with E-state index in [4.69, 9.17) is 19.3 Å². The number of hydrogen-bond donors (Lipinski definition) is 2. The summed E-state index contributed by atoms with van der Waals surface area (Å²) < 4.78 is 94.1. The van der Waals surface area contributed by atoms with Gasteiger partial charge < -0.3 is 19.5 Å². The second-order valence-corrected chi connectivity index (χ2v) is 20.1. The fourth-order valence-corrected chi connectivity index (χ4v) is 8.14. The number of amides is 3. The van der Waals surface area contributed by atoms with E-state index < -0.39 is 84.7 Å². The van der Waals surface area contributed by atoms with Crippen molar-refractivity contribution >= 4 is 50.7 Å². The molecular formula is C43H55F3N6O8S. The zero-order valence-corrected chi connectivity index (χ0v) is 37.4. The third-order valence-electron chi connectivity index (χ3n) is 9.41. The van der Waals surface area contributed by atoms with Crippen LogP contribution in [0.3, 0.4) is 0 Å². The van der Waals surface area contributed by atoms with Crippen LogP contribution >= 0.6 is 0 Å². The number of sulfonamides is 1. The molecule has 2 aromatic carbocycles. The van der Waals surface area contributed by atoms with Gasteiger partial charge in [-0.15, -0.1) is 0 Å². The molecular weight excluding hydrogens is 818 g/mol. The Balaban J connectivity index is 1.72. The predicted octanol–water partition coefficient (Wildman–Crippen LogP) is 10.4. The molecule has 1 aliphatic carbocycles. The Bertz CT molecular complexity index is 2420. The van der Waals surface area contributed by atoms with E-state index >= 15 is 8.78 Å². The van der Waals surface area contributed by atoms with Crippen LogP contribution in [0.5, 0.6) is 0 Å². The highest BCUT2D eigenvalue weighted by Gasteiger charge is 2.39. The molecule has 332 valence electrons. The quantitative estimate of drug-likeness (QED) is 0.162. The number of pyridine rings is 1. The van der Waals surface area contributed by atoms with Gasteiger partial charge in [-0.05, 0) is 144 Å². The molecule has 0 atom stereocenters. The van der Waals surface area contributed by atoms with Gasteiger partial charge in [-0.1, -0.05) is 6.07 Å². The van der Waals surface area contributed by atoms with Crippen LogP contribution < -0.4 is 14.9 Å². The molecule has 14 nitrogen and oxygen atoms in total. The molecule has 0 unspecified atom stereocenters. The number of hydrogen-bond acceptors (Lipinski definition) is 10. The van der Waals surface area contributed by atoms with Crippen molar-refractivity contribution in [2.75, 3.05) is 9.62 Å². The van der Waals surface area contributed by atoms with Gasteiger partial charge in [-0.3, -0.25) is 9.40 Å². The first kappa shape index (κ1) is 46.7. The number of carbonyl (C=O) groups excluding carboxylic acids is 3. The van der Waals surface area contributed by atoms with Crippen LogP contribution in [-0.4, -0.2) is 64.3 Å². The molecule has 18 heteroatoms. The molecule has 61 heavy (non-hydrogen) atoms. The summed E-state index contributed by atoms with van der Waals surface area (Å²) in [6.45, 7) is 20.1. The predicted molar refractivity (Wildman–Crippen MR) is 225 cm³/mol. The fourth-order valence-electron chi connectivity index (χ4n) is 6.92. The zero-order chi connectivity index (χ0) is 45.6. The van der Waals surface area contributed by atoms with Gasteiger partial charge >= 0.3 is 18.3 Å². The SMILES string of the molecule is Cc1ccc(F)c(S(=O)(=O)Nc2cc(F)c(-c3nn(C(C)C)c4c(C5CCC(NC(=O)OC(C)(C)C)CC5)cnc(N(C(=O)OC(C)(C)C)C(=O)OC(C)(C)C)c34)cc2F)c1. The van der Waals surface area contributed by atoms with E-state index in [0.717, 1.165) is 18.2 Å². The number of rotatable bonds is 8. The van der Waals surface area contributed by atoms with Crippen LogP contribution in [0.2, 0.25) is 0 Å². The summed E-state index contributed by atoms with van der Waals surface area (Å²) in [5, 5.41) is 7.67. The van der Waals surface area contributed by atoms with Crippen molar-refractivity contribution in [2.45, 2.75) is 148 Å². The van der Waals surface area contributed by atoms with Crippen molar-refractivity contribution in [1.82, 2.24) is 20.1 Å². The number of carbonyl (C=O) groups is 3. The highest BCUT2D eigenvalue weighted by Crippen LogP contribution is 2.44. The van der Waals surface area contributed by atoms with Gasteiger partial charge in [0.15, 0.2) is 5.82 Å². The molecule has 4 aromatic rings. The van der Waals surface area contributed by atoms with Crippen LogP contribution in [0, 0.1) is 24.4 Å². The number of imide groups is 1. The van der Waals surface area contributed by atoms with E-state index in [1.165, 1.54) is 12.3 Å². The standard InChI is InChI=1S/C43H55F3N6O8S/c1-23(2)52-36-28(25-14-16-26(17-15-25)48-38(53)58-41(4,5)6)22-47-37(51(39(54)59-42(7,8)9)40(55)60-43(10,11)12)34(36)35(49-52)27-20-31(46)32(21-30(27)45)50-61(56,57)33-19-24(3)13-18-29(33)44/h13,18-23,25-26,50H,14-17H2,1-12H3,(H,48,53). The van der Waals surface area contributed by atoms with Crippen LogP contribution in [0.25, 0.3) is 22.2 Å². The first-order valence-corrected chi connectivity index (χ1v) is 21.5. The van der Waals surface area contributed by atoms with Crippen LogP contribution in [0.1, 0.15) is 125 Å². The maximum Gasteiger partial charge on any atom is 0.425 e. The van der Waals surface area contributed by atoms with Gasteiger partial charge in [0, 0.05) is 29.9 Å². The number of aryl methyl sites for hydroxylation is 1. The average molecular weight is 873 g/mol. The first-order valence-electron chi connectivity index (χ1n) is 20.0. The van der Waals surface area contributed by atoms with Crippen LogP contribution in [0.4, 0.5) is 39.1 Å². The topological polar surface area (TPSA) is 171 Å². The normalized spacial score (nSPS) is 16.3. The van der Waals surface area contributed by atoms with E-state index in [-0.39, 0.29) is 28.9 Å². The third-order valence-corrected chi connectivity index (χ3v) is 10.8. The number of nitrogens with zero attached hydrogens (tertiary/aromatic N) is 4. The number of fused-ring (bicyclic) bond motifs is 1. The molecule has 2 N–H and O–H groups in total. The Hall–Kier alpha value is -5.39. The lowest BCUT2D eigenvalue weighted by molar-refractivity contribution is 0.0425. The second kappa shape index (κ2) is 17.2. The number of anilines is 2. The maximum atomic E-state index is 16.6. The molecule has 0 saturated heterocycles. The van der Waals surface area contributed by atoms with Gasteiger partial charge in [0.2, 0.25) is 0 Å².